The van der Waals surface area contributed by atoms with E-state index in [1.165, 1.54) is 0 Å². The van der Waals surface area contributed by atoms with Crippen LogP contribution < -0.4 is 10.1 Å². The highest BCUT2D eigenvalue weighted by molar-refractivity contribution is 5.94. The Balaban J connectivity index is 2.23. The van der Waals surface area contributed by atoms with E-state index in [-0.39, 0.29) is 11.6 Å². The fourth-order valence-electron chi connectivity index (χ4n) is 2.23. The Kier molecular flexibility index (Phi) is 4.75. The number of hydrogen-bond acceptors (Lipinski definition) is 2. The molecule has 0 radical (unpaired) electrons. The van der Waals surface area contributed by atoms with Crippen molar-refractivity contribution >= 4 is 5.91 Å². The molecule has 0 saturated heterocycles. The van der Waals surface area contributed by atoms with Crippen molar-refractivity contribution in [3.63, 3.8) is 0 Å². The molecule has 1 atom stereocenters. The van der Waals surface area contributed by atoms with E-state index >= 15 is 0 Å². The van der Waals surface area contributed by atoms with Gasteiger partial charge in [-0.3, -0.25) is 4.79 Å². The summed E-state index contributed by atoms with van der Waals surface area (Å²) in [6.45, 7) is 3.71. The number of halogens is 2. The molecule has 116 valence electrons. The lowest BCUT2D eigenvalue weighted by Gasteiger charge is -2.18. The van der Waals surface area contributed by atoms with Crippen LogP contribution in [0.1, 0.15) is 34.5 Å². The quantitative estimate of drug-likeness (QED) is 0.933. The summed E-state index contributed by atoms with van der Waals surface area (Å²) in [6.07, 6.45) is 0. The third-order valence-corrected chi connectivity index (χ3v) is 3.32. The summed E-state index contributed by atoms with van der Waals surface area (Å²) >= 11 is 0. The Hall–Kier alpha value is -2.43. The van der Waals surface area contributed by atoms with Gasteiger partial charge in [0, 0.05) is 17.2 Å². The number of nitrogens with one attached hydrogen (secondary N) is 1. The maximum Gasteiger partial charge on any atom is 0.251 e. The van der Waals surface area contributed by atoms with Gasteiger partial charge in [-0.2, -0.15) is 0 Å². The number of hydrogen-bond donors (Lipinski definition) is 1. The first-order valence-electron chi connectivity index (χ1n) is 6.82. The van der Waals surface area contributed by atoms with Gasteiger partial charge in [0.15, 0.2) is 0 Å². The van der Waals surface area contributed by atoms with Gasteiger partial charge in [-0.1, -0.05) is 17.7 Å². The summed E-state index contributed by atoms with van der Waals surface area (Å²) < 4.78 is 31.6. The van der Waals surface area contributed by atoms with E-state index in [4.69, 9.17) is 4.74 Å². The minimum atomic E-state index is -0.786. The molecule has 1 N–H and O–H groups in total. The van der Waals surface area contributed by atoms with Crippen LogP contribution in [0.15, 0.2) is 36.4 Å². The van der Waals surface area contributed by atoms with Crippen molar-refractivity contribution in [1.29, 1.82) is 0 Å². The zero-order chi connectivity index (χ0) is 16.3. The molecule has 2 aromatic rings. The number of methoxy groups -OCH3 is 1. The normalized spacial score (nSPS) is 11.9. The van der Waals surface area contributed by atoms with E-state index in [2.05, 4.69) is 5.32 Å². The molecule has 0 aliphatic heterocycles. The average Bonchev–Trinajstić information content (AvgIpc) is 2.46. The molecule has 0 unspecified atom stereocenters. The molecule has 2 rings (SSSR count). The Bertz CT molecular complexity index is 681. The fourth-order valence-corrected chi connectivity index (χ4v) is 2.23. The number of aryl methyl sites for hydroxylation is 1. The highest BCUT2D eigenvalue weighted by Gasteiger charge is 2.16. The first-order chi connectivity index (χ1) is 10.4. The van der Waals surface area contributed by atoms with Gasteiger partial charge in [0.2, 0.25) is 0 Å². The van der Waals surface area contributed by atoms with Crippen molar-refractivity contribution in [3.8, 4) is 5.75 Å². The monoisotopic (exact) mass is 305 g/mol. The van der Waals surface area contributed by atoms with E-state index in [0.29, 0.717) is 5.75 Å². The first kappa shape index (κ1) is 15.9. The molecule has 0 saturated carbocycles. The van der Waals surface area contributed by atoms with Crippen molar-refractivity contribution in [1.82, 2.24) is 5.32 Å². The lowest BCUT2D eigenvalue weighted by atomic mass is 10.0. The van der Waals surface area contributed by atoms with Crippen molar-refractivity contribution in [2.45, 2.75) is 19.9 Å². The number of ether oxygens (including phenoxy) is 1. The third kappa shape index (κ3) is 3.61. The van der Waals surface area contributed by atoms with Crippen LogP contribution >= 0.6 is 0 Å². The number of carbonyl (C=O) groups is 1. The lowest BCUT2D eigenvalue weighted by molar-refractivity contribution is 0.0938. The second-order valence-electron chi connectivity index (χ2n) is 5.10. The Labute approximate surface area is 127 Å². The van der Waals surface area contributed by atoms with Gasteiger partial charge in [0.25, 0.3) is 5.91 Å². The molecule has 0 heterocycles. The standard InChI is InChI=1S/C17H17F2NO2/c1-10-4-5-16(22-3)15(6-10)11(2)20-17(21)12-7-13(18)9-14(19)8-12/h4-9,11H,1-3H3,(H,20,21)/t11-/m1/s1. The van der Waals surface area contributed by atoms with Crippen molar-refractivity contribution in [2.75, 3.05) is 7.11 Å². The number of carbonyl (C=O) groups excluding carboxylic acids is 1. The molecule has 1 amide bonds. The van der Waals surface area contributed by atoms with Gasteiger partial charge >= 0.3 is 0 Å². The smallest absolute Gasteiger partial charge is 0.251 e. The predicted octanol–water partition coefficient (Wildman–Crippen LogP) is 3.77. The molecule has 0 aliphatic carbocycles. The summed E-state index contributed by atoms with van der Waals surface area (Å²) in [5.41, 5.74) is 1.76. The largest absolute Gasteiger partial charge is 0.496 e. The Morgan fingerprint density at radius 2 is 1.77 bits per heavy atom. The minimum Gasteiger partial charge on any atom is -0.496 e. The number of benzene rings is 2. The molecular formula is C17H17F2NO2. The van der Waals surface area contributed by atoms with Crippen LogP contribution in [-0.4, -0.2) is 13.0 Å². The van der Waals surface area contributed by atoms with Crippen molar-refractivity contribution in [3.05, 3.63) is 64.7 Å². The van der Waals surface area contributed by atoms with Crippen LogP contribution in [0.5, 0.6) is 5.75 Å². The topological polar surface area (TPSA) is 38.3 Å². The van der Waals surface area contributed by atoms with E-state index in [1.807, 2.05) is 25.1 Å². The van der Waals surface area contributed by atoms with Crippen molar-refractivity contribution < 1.29 is 18.3 Å². The average molecular weight is 305 g/mol. The van der Waals surface area contributed by atoms with Crippen molar-refractivity contribution in [2.24, 2.45) is 0 Å². The van der Waals surface area contributed by atoms with Gasteiger partial charge in [0.05, 0.1) is 13.2 Å². The molecule has 0 spiro atoms. The molecular weight excluding hydrogens is 288 g/mol. The van der Waals surface area contributed by atoms with E-state index in [1.54, 1.807) is 14.0 Å². The molecule has 5 heteroatoms. The first-order valence-corrected chi connectivity index (χ1v) is 6.82. The maximum atomic E-state index is 13.2. The van der Waals surface area contributed by atoms with Crippen LogP contribution in [0.2, 0.25) is 0 Å². The number of rotatable bonds is 4. The van der Waals surface area contributed by atoms with E-state index < -0.39 is 17.5 Å². The van der Waals surface area contributed by atoms with Gasteiger partial charge in [-0.05, 0) is 32.0 Å². The number of amides is 1. The highest BCUT2D eigenvalue weighted by atomic mass is 19.1. The summed E-state index contributed by atoms with van der Waals surface area (Å²) in [6, 6.07) is 7.97. The molecule has 22 heavy (non-hydrogen) atoms. The lowest BCUT2D eigenvalue weighted by Crippen LogP contribution is -2.27. The predicted molar refractivity (Wildman–Crippen MR) is 80.0 cm³/mol. The molecule has 3 nitrogen and oxygen atoms in total. The van der Waals surface area contributed by atoms with Crippen LogP contribution in [0.4, 0.5) is 8.78 Å². The molecule has 0 bridgehead atoms. The van der Waals surface area contributed by atoms with Crippen LogP contribution in [0.25, 0.3) is 0 Å². The second kappa shape index (κ2) is 6.56. The zero-order valence-electron chi connectivity index (χ0n) is 12.6. The second-order valence-corrected chi connectivity index (χ2v) is 5.10. The minimum absolute atomic E-state index is 0.0593. The summed E-state index contributed by atoms with van der Waals surface area (Å²) in [5.74, 6) is -1.48. The van der Waals surface area contributed by atoms with Gasteiger partial charge in [-0.25, -0.2) is 8.78 Å². The molecule has 0 fully saturated rings. The summed E-state index contributed by atoms with van der Waals surface area (Å²) in [4.78, 5) is 12.1. The third-order valence-electron chi connectivity index (χ3n) is 3.32. The van der Waals surface area contributed by atoms with Crippen LogP contribution in [0.3, 0.4) is 0 Å². The zero-order valence-corrected chi connectivity index (χ0v) is 12.6. The fraction of sp³-hybridized carbons (Fsp3) is 0.235. The summed E-state index contributed by atoms with van der Waals surface area (Å²) in [5, 5.41) is 2.72. The highest BCUT2D eigenvalue weighted by Crippen LogP contribution is 2.26. The van der Waals surface area contributed by atoms with Gasteiger partial charge < -0.3 is 10.1 Å². The molecule has 0 aliphatic rings. The van der Waals surface area contributed by atoms with E-state index in [9.17, 15) is 13.6 Å². The molecule has 0 aromatic heterocycles. The van der Waals surface area contributed by atoms with E-state index in [0.717, 1.165) is 29.3 Å². The SMILES string of the molecule is COc1ccc(C)cc1[C@@H](C)NC(=O)c1cc(F)cc(F)c1. The van der Waals surface area contributed by atoms with Crippen LogP contribution in [0, 0.1) is 18.6 Å². The summed E-state index contributed by atoms with van der Waals surface area (Å²) in [7, 11) is 1.55. The Morgan fingerprint density at radius 1 is 1.14 bits per heavy atom. The van der Waals surface area contributed by atoms with Crippen LogP contribution in [-0.2, 0) is 0 Å². The molecule has 2 aromatic carbocycles. The Morgan fingerprint density at radius 3 is 2.36 bits per heavy atom. The maximum absolute atomic E-state index is 13.2. The van der Waals surface area contributed by atoms with Gasteiger partial charge in [0.1, 0.15) is 17.4 Å². The van der Waals surface area contributed by atoms with Gasteiger partial charge in [-0.15, -0.1) is 0 Å².